The van der Waals surface area contributed by atoms with Crippen molar-refractivity contribution in [3.05, 3.63) is 23.9 Å². The van der Waals surface area contributed by atoms with Crippen molar-refractivity contribution >= 4 is 11.8 Å². The molecular weight excluding hydrogens is 402 g/mol. The van der Waals surface area contributed by atoms with E-state index in [0.717, 1.165) is 77.0 Å². The lowest BCUT2D eigenvalue weighted by atomic mass is 10.1. The minimum absolute atomic E-state index is 0.302. The molecule has 32 heavy (non-hydrogen) atoms. The van der Waals surface area contributed by atoms with Crippen LogP contribution in [0.1, 0.15) is 63.4 Å². The molecule has 0 aromatic carbocycles. The first kappa shape index (κ1) is 23.3. The molecular formula is C25H41N5O2. The molecule has 1 aromatic heterocycles. The molecule has 1 unspecified atom stereocenters. The Balaban J connectivity index is 1.21. The second kappa shape index (κ2) is 12.4. The Labute approximate surface area is 193 Å². The SMILES string of the molecule is CN=C(NCc1ccnc(N2CCCCCC2)c1)N1CCC(OCC2CCCCO2)CC1. The molecule has 3 fully saturated rings. The normalized spacial score (nSPS) is 23.8. The first-order valence-electron chi connectivity index (χ1n) is 12.7. The molecule has 7 nitrogen and oxygen atoms in total. The number of hydrogen-bond donors (Lipinski definition) is 1. The van der Waals surface area contributed by atoms with Gasteiger partial charge in [0, 0.05) is 52.6 Å². The Morgan fingerprint density at radius 1 is 1.09 bits per heavy atom. The zero-order chi connectivity index (χ0) is 22.0. The standard InChI is InChI=1S/C25H41N5O2/c1-26-25(30-15-10-22(11-16-30)32-20-23-8-4-7-17-31-23)28-19-21-9-12-27-24(18-21)29-13-5-2-3-6-14-29/h9,12,18,22-23H,2-8,10-11,13-17,19-20H2,1H3,(H,26,28). The molecule has 0 spiro atoms. The molecule has 178 valence electrons. The van der Waals surface area contributed by atoms with E-state index < -0.39 is 0 Å². The lowest BCUT2D eigenvalue weighted by molar-refractivity contribution is -0.0721. The van der Waals surface area contributed by atoms with Crippen molar-refractivity contribution in [2.45, 2.75) is 76.5 Å². The highest BCUT2D eigenvalue weighted by atomic mass is 16.5. The highest BCUT2D eigenvalue weighted by Gasteiger charge is 2.24. The van der Waals surface area contributed by atoms with E-state index in [-0.39, 0.29) is 0 Å². The molecule has 4 heterocycles. The van der Waals surface area contributed by atoms with E-state index in [4.69, 9.17) is 9.47 Å². The average Bonchev–Trinajstić information content (AvgIpc) is 3.14. The fourth-order valence-corrected chi connectivity index (χ4v) is 4.97. The zero-order valence-electron chi connectivity index (χ0n) is 19.8. The van der Waals surface area contributed by atoms with Gasteiger partial charge in [-0.2, -0.15) is 0 Å². The van der Waals surface area contributed by atoms with E-state index in [9.17, 15) is 0 Å². The molecule has 3 aliphatic rings. The van der Waals surface area contributed by atoms with Gasteiger partial charge in [0.1, 0.15) is 5.82 Å². The zero-order valence-corrected chi connectivity index (χ0v) is 19.8. The second-order valence-electron chi connectivity index (χ2n) is 9.33. The second-order valence-corrected chi connectivity index (χ2v) is 9.33. The van der Waals surface area contributed by atoms with Gasteiger partial charge in [0.15, 0.2) is 5.96 Å². The third-order valence-corrected chi connectivity index (χ3v) is 6.94. The molecule has 1 N–H and O–H groups in total. The van der Waals surface area contributed by atoms with Gasteiger partial charge in [0.2, 0.25) is 0 Å². The molecule has 0 aliphatic carbocycles. The fourth-order valence-electron chi connectivity index (χ4n) is 4.97. The third kappa shape index (κ3) is 6.82. The third-order valence-electron chi connectivity index (χ3n) is 6.94. The Morgan fingerprint density at radius 3 is 2.62 bits per heavy atom. The number of nitrogens with zero attached hydrogens (tertiary/aromatic N) is 4. The maximum atomic E-state index is 6.17. The van der Waals surface area contributed by atoms with E-state index in [0.29, 0.717) is 12.2 Å². The van der Waals surface area contributed by atoms with Crippen molar-refractivity contribution in [1.82, 2.24) is 15.2 Å². The van der Waals surface area contributed by atoms with Crippen molar-refractivity contribution in [3.63, 3.8) is 0 Å². The van der Waals surface area contributed by atoms with Crippen LogP contribution in [0.5, 0.6) is 0 Å². The number of likely N-dealkylation sites (tertiary alicyclic amines) is 1. The summed E-state index contributed by atoms with van der Waals surface area (Å²) in [6.45, 7) is 6.61. The van der Waals surface area contributed by atoms with E-state index in [1.54, 1.807) is 0 Å². The molecule has 1 aromatic rings. The maximum Gasteiger partial charge on any atom is 0.193 e. The van der Waals surface area contributed by atoms with Gasteiger partial charge < -0.3 is 24.6 Å². The number of piperidine rings is 1. The summed E-state index contributed by atoms with van der Waals surface area (Å²) in [6.07, 6.45) is 13.5. The molecule has 0 amide bonds. The summed E-state index contributed by atoms with van der Waals surface area (Å²) in [6, 6.07) is 4.34. The number of aliphatic imine (C=N–C) groups is 1. The van der Waals surface area contributed by atoms with Crippen molar-refractivity contribution in [1.29, 1.82) is 0 Å². The average molecular weight is 444 g/mol. The number of ether oxygens (including phenoxy) is 2. The van der Waals surface area contributed by atoms with Gasteiger partial charge in [-0.25, -0.2) is 4.98 Å². The predicted octanol–water partition coefficient (Wildman–Crippen LogP) is 3.59. The van der Waals surface area contributed by atoms with Crippen LogP contribution in [0.3, 0.4) is 0 Å². The lowest BCUT2D eigenvalue weighted by Crippen LogP contribution is -2.47. The van der Waals surface area contributed by atoms with Gasteiger partial charge >= 0.3 is 0 Å². The van der Waals surface area contributed by atoms with Crippen molar-refractivity contribution in [2.24, 2.45) is 4.99 Å². The first-order chi connectivity index (χ1) is 15.8. The van der Waals surface area contributed by atoms with Gasteiger partial charge in [0.25, 0.3) is 0 Å². The summed E-state index contributed by atoms with van der Waals surface area (Å²) in [5, 5.41) is 3.57. The lowest BCUT2D eigenvalue weighted by Gasteiger charge is -2.35. The van der Waals surface area contributed by atoms with Gasteiger partial charge in [0.05, 0.1) is 18.8 Å². The van der Waals surface area contributed by atoms with Crippen LogP contribution in [0.15, 0.2) is 23.3 Å². The molecule has 0 saturated carbocycles. The van der Waals surface area contributed by atoms with Gasteiger partial charge in [-0.05, 0) is 62.6 Å². The molecule has 3 aliphatic heterocycles. The van der Waals surface area contributed by atoms with Gasteiger partial charge in [-0.15, -0.1) is 0 Å². The smallest absolute Gasteiger partial charge is 0.193 e. The number of rotatable bonds is 6. The first-order valence-corrected chi connectivity index (χ1v) is 12.7. The maximum absolute atomic E-state index is 6.17. The number of aromatic nitrogens is 1. The van der Waals surface area contributed by atoms with Crippen LogP contribution in [0.2, 0.25) is 0 Å². The number of hydrogen-bond acceptors (Lipinski definition) is 5. The van der Waals surface area contributed by atoms with Crippen LogP contribution < -0.4 is 10.2 Å². The predicted molar refractivity (Wildman–Crippen MR) is 129 cm³/mol. The Hall–Kier alpha value is -1.86. The summed E-state index contributed by atoms with van der Waals surface area (Å²) in [5.41, 5.74) is 1.26. The van der Waals surface area contributed by atoms with Crippen molar-refractivity contribution < 1.29 is 9.47 Å². The summed E-state index contributed by atoms with van der Waals surface area (Å²) in [7, 11) is 1.88. The van der Waals surface area contributed by atoms with Crippen molar-refractivity contribution in [2.75, 3.05) is 51.3 Å². The minimum atomic E-state index is 0.302. The summed E-state index contributed by atoms with van der Waals surface area (Å²) >= 11 is 0. The summed E-state index contributed by atoms with van der Waals surface area (Å²) in [5.74, 6) is 2.09. The van der Waals surface area contributed by atoms with Crippen LogP contribution in [-0.2, 0) is 16.0 Å². The van der Waals surface area contributed by atoms with Crippen LogP contribution in [0, 0.1) is 0 Å². The van der Waals surface area contributed by atoms with E-state index >= 15 is 0 Å². The van der Waals surface area contributed by atoms with E-state index in [1.807, 2.05) is 13.2 Å². The van der Waals surface area contributed by atoms with Crippen LogP contribution in [-0.4, -0.2) is 74.5 Å². The number of nitrogens with one attached hydrogen (secondary N) is 1. The minimum Gasteiger partial charge on any atom is -0.376 e. The number of anilines is 1. The molecule has 0 radical (unpaired) electrons. The number of pyridine rings is 1. The highest BCUT2D eigenvalue weighted by Crippen LogP contribution is 2.20. The Kier molecular flexibility index (Phi) is 9.03. The van der Waals surface area contributed by atoms with Crippen LogP contribution >= 0.6 is 0 Å². The molecule has 0 bridgehead atoms. The molecule has 7 heteroatoms. The fraction of sp³-hybridized carbons (Fsp3) is 0.760. The number of guanidine groups is 1. The summed E-state index contributed by atoms with van der Waals surface area (Å²) < 4.78 is 12.0. The molecule has 4 rings (SSSR count). The monoisotopic (exact) mass is 443 g/mol. The van der Waals surface area contributed by atoms with Crippen LogP contribution in [0.25, 0.3) is 0 Å². The van der Waals surface area contributed by atoms with Gasteiger partial charge in [-0.3, -0.25) is 4.99 Å². The molecule has 3 saturated heterocycles. The Morgan fingerprint density at radius 2 is 1.91 bits per heavy atom. The van der Waals surface area contributed by atoms with Crippen molar-refractivity contribution in [3.8, 4) is 0 Å². The van der Waals surface area contributed by atoms with E-state index in [1.165, 1.54) is 44.1 Å². The highest BCUT2D eigenvalue weighted by molar-refractivity contribution is 5.80. The quantitative estimate of drug-likeness (QED) is 0.536. The topological polar surface area (TPSA) is 62.2 Å². The molecule has 1 atom stereocenters. The largest absolute Gasteiger partial charge is 0.376 e. The van der Waals surface area contributed by atoms with Gasteiger partial charge in [-0.1, -0.05) is 12.8 Å². The Bertz CT molecular complexity index is 706. The summed E-state index contributed by atoms with van der Waals surface area (Å²) in [4.78, 5) is 14.0. The van der Waals surface area contributed by atoms with E-state index in [2.05, 4.69) is 37.2 Å². The van der Waals surface area contributed by atoms with Crippen LogP contribution in [0.4, 0.5) is 5.82 Å².